The van der Waals surface area contributed by atoms with E-state index in [-0.39, 0.29) is 16.9 Å². The number of benzene rings is 3. The number of esters is 1. The van der Waals surface area contributed by atoms with E-state index in [4.69, 9.17) is 9.47 Å². The van der Waals surface area contributed by atoms with Gasteiger partial charge in [0.1, 0.15) is 11.4 Å². The lowest BCUT2D eigenvalue weighted by Crippen LogP contribution is -2.21. The van der Waals surface area contributed by atoms with Gasteiger partial charge in [-0.2, -0.15) is 0 Å². The molecular formula is C24H20N2O6. The zero-order chi connectivity index (χ0) is 22.9. The van der Waals surface area contributed by atoms with E-state index in [0.717, 1.165) is 0 Å². The first-order valence-corrected chi connectivity index (χ1v) is 9.60. The van der Waals surface area contributed by atoms with Gasteiger partial charge in [-0.1, -0.05) is 60.7 Å². The van der Waals surface area contributed by atoms with Crippen molar-refractivity contribution in [1.82, 2.24) is 0 Å². The number of hydrogen-bond donors (Lipinski definition) is 1. The Morgan fingerprint density at radius 1 is 0.969 bits per heavy atom. The second kappa shape index (κ2) is 10.5. The molecular weight excluding hydrogens is 412 g/mol. The van der Waals surface area contributed by atoms with Crippen molar-refractivity contribution in [3.63, 3.8) is 0 Å². The van der Waals surface area contributed by atoms with E-state index >= 15 is 0 Å². The molecule has 0 bridgehead atoms. The summed E-state index contributed by atoms with van der Waals surface area (Å²) in [6, 6.07) is 21.7. The van der Waals surface area contributed by atoms with Crippen molar-refractivity contribution in [3.05, 3.63) is 100 Å². The predicted octanol–water partition coefficient (Wildman–Crippen LogP) is 4.33. The van der Waals surface area contributed by atoms with Gasteiger partial charge >= 0.3 is 5.97 Å². The molecule has 0 atom stereocenters. The maximum absolute atomic E-state index is 12.9. The largest absolute Gasteiger partial charge is 0.496 e. The standard InChI is InChI=1S/C24H20N2O6/c1-31-22-14-8-5-11-18(22)15-19(17-9-3-2-4-10-17)24(28)32-16-23(27)25-20-12-6-7-13-21(20)26(29)30/h2-15H,16H2,1H3,(H,25,27)/b19-15+. The average Bonchev–Trinajstić information content (AvgIpc) is 2.82. The van der Waals surface area contributed by atoms with Crippen LogP contribution < -0.4 is 10.1 Å². The zero-order valence-corrected chi connectivity index (χ0v) is 17.2. The van der Waals surface area contributed by atoms with E-state index in [2.05, 4.69) is 5.32 Å². The summed E-state index contributed by atoms with van der Waals surface area (Å²) in [5, 5.41) is 13.5. The van der Waals surface area contributed by atoms with Crippen molar-refractivity contribution < 1.29 is 24.0 Å². The fourth-order valence-electron chi connectivity index (χ4n) is 2.95. The Morgan fingerprint density at radius 3 is 2.34 bits per heavy atom. The number of nitro groups is 1. The lowest BCUT2D eigenvalue weighted by molar-refractivity contribution is -0.383. The van der Waals surface area contributed by atoms with Crippen molar-refractivity contribution >= 4 is 34.9 Å². The number of carbonyl (C=O) groups is 2. The third kappa shape index (κ3) is 5.57. The first-order chi connectivity index (χ1) is 15.5. The smallest absolute Gasteiger partial charge is 0.339 e. The summed E-state index contributed by atoms with van der Waals surface area (Å²) in [5.74, 6) is -0.847. The second-order valence-corrected chi connectivity index (χ2v) is 6.56. The number of methoxy groups -OCH3 is 1. The molecule has 0 saturated heterocycles. The molecule has 8 heteroatoms. The molecule has 3 rings (SSSR count). The summed E-state index contributed by atoms with van der Waals surface area (Å²) in [7, 11) is 1.53. The van der Waals surface area contributed by atoms with Gasteiger partial charge in [0.25, 0.3) is 11.6 Å². The predicted molar refractivity (Wildman–Crippen MR) is 120 cm³/mol. The average molecular weight is 432 g/mol. The van der Waals surface area contributed by atoms with Crippen LogP contribution >= 0.6 is 0 Å². The van der Waals surface area contributed by atoms with Crippen LogP contribution in [0.4, 0.5) is 11.4 Å². The Labute approximate surface area is 184 Å². The molecule has 3 aromatic carbocycles. The number of ether oxygens (including phenoxy) is 2. The molecule has 1 N–H and O–H groups in total. The van der Waals surface area contributed by atoms with E-state index in [9.17, 15) is 19.7 Å². The van der Waals surface area contributed by atoms with Crippen LogP contribution in [0.15, 0.2) is 78.9 Å². The summed E-state index contributed by atoms with van der Waals surface area (Å²) >= 11 is 0. The summed E-state index contributed by atoms with van der Waals surface area (Å²) < 4.78 is 10.5. The first kappa shape index (κ1) is 22.2. The van der Waals surface area contributed by atoms with Gasteiger partial charge in [-0.3, -0.25) is 14.9 Å². The monoisotopic (exact) mass is 432 g/mol. The number of nitro benzene ring substituents is 1. The highest BCUT2D eigenvalue weighted by Crippen LogP contribution is 2.26. The minimum absolute atomic E-state index is 0.0198. The zero-order valence-electron chi connectivity index (χ0n) is 17.2. The van der Waals surface area contributed by atoms with Gasteiger partial charge in [0, 0.05) is 11.6 Å². The summed E-state index contributed by atoms with van der Waals surface area (Å²) in [4.78, 5) is 35.6. The molecule has 0 unspecified atom stereocenters. The highest BCUT2D eigenvalue weighted by molar-refractivity contribution is 6.22. The molecule has 0 aromatic heterocycles. The number of nitrogens with zero attached hydrogens (tertiary/aromatic N) is 1. The van der Waals surface area contributed by atoms with E-state index < -0.39 is 23.4 Å². The third-order valence-corrected chi connectivity index (χ3v) is 4.45. The minimum Gasteiger partial charge on any atom is -0.496 e. The lowest BCUT2D eigenvalue weighted by Gasteiger charge is -2.11. The Hall–Kier alpha value is -4.46. The van der Waals surface area contributed by atoms with Crippen LogP contribution in [0.3, 0.4) is 0 Å². The van der Waals surface area contributed by atoms with Gasteiger partial charge in [-0.25, -0.2) is 4.79 Å². The van der Waals surface area contributed by atoms with Crippen molar-refractivity contribution in [1.29, 1.82) is 0 Å². The van der Waals surface area contributed by atoms with Crippen LogP contribution in [0.5, 0.6) is 5.75 Å². The van der Waals surface area contributed by atoms with E-state index in [0.29, 0.717) is 16.9 Å². The van der Waals surface area contributed by atoms with Crippen LogP contribution in [0, 0.1) is 10.1 Å². The fourth-order valence-corrected chi connectivity index (χ4v) is 2.95. The number of rotatable bonds is 8. The maximum Gasteiger partial charge on any atom is 0.339 e. The molecule has 0 heterocycles. The lowest BCUT2D eigenvalue weighted by atomic mass is 10.0. The van der Waals surface area contributed by atoms with E-state index in [1.807, 2.05) is 18.2 Å². The number of para-hydroxylation sites is 3. The topological polar surface area (TPSA) is 108 Å². The van der Waals surface area contributed by atoms with Crippen LogP contribution in [-0.4, -0.2) is 30.5 Å². The Morgan fingerprint density at radius 2 is 1.62 bits per heavy atom. The van der Waals surface area contributed by atoms with Gasteiger partial charge in [-0.05, 0) is 23.8 Å². The third-order valence-electron chi connectivity index (χ3n) is 4.45. The van der Waals surface area contributed by atoms with Gasteiger partial charge < -0.3 is 14.8 Å². The van der Waals surface area contributed by atoms with E-state index in [1.165, 1.54) is 25.3 Å². The minimum atomic E-state index is -0.722. The summed E-state index contributed by atoms with van der Waals surface area (Å²) in [6.07, 6.45) is 1.62. The molecule has 0 aliphatic rings. The molecule has 0 aliphatic carbocycles. The normalized spacial score (nSPS) is 10.8. The highest BCUT2D eigenvalue weighted by Gasteiger charge is 2.19. The molecule has 0 saturated carbocycles. The number of carbonyl (C=O) groups excluding carboxylic acids is 2. The quantitative estimate of drug-likeness (QED) is 0.187. The van der Waals surface area contributed by atoms with Gasteiger partial charge in [0.2, 0.25) is 0 Å². The molecule has 0 aliphatic heterocycles. The molecule has 0 spiro atoms. The summed E-state index contributed by atoms with van der Waals surface area (Å²) in [6.45, 7) is -0.610. The Bertz CT molecular complexity index is 1160. The summed E-state index contributed by atoms with van der Waals surface area (Å²) in [5.41, 5.74) is 1.26. The number of amides is 1. The number of anilines is 1. The molecule has 3 aromatic rings. The molecule has 8 nitrogen and oxygen atoms in total. The molecule has 162 valence electrons. The Balaban J connectivity index is 1.79. The van der Waals surface area contributed by atoms with Gasteiger partial charge in [0.15, 0.2) is 6.61 Å². The van der Waals surface area contributed by atoms with Crippen molar-refractivity contribution in [2.24, 2.45) is 0 Å². The molecule has 0 radical (unpaired) electrons. The van der Waals surface area contributed by atoms with Crippen LogP contribution in [0.25, 0.3) is 11.6 Å². The SMILES string of the molecule is COc1ccccc1/C=C(/C(=O)OCC(=O)Nc1ccccc1[N+](=O)[O-])c1ccccc1. The number of nitrogens with one attached hydrogen (secondary N) is 1. The van der Waals surface area contributed by atoms with Crippen LogP contribution in [-0.2, 0) is 14.3 Å². The highest BCUT2D eigenvalue weighted by atomic mass is 16.6. The van der Waals surface area contributed by atoms with Crippen LogP contribution in [0.1, 0.15) is 11.1 Å². The fraction of sp³-hybridized carbons (Fsp3) is 0.0833. The molecule has 0 fully saturated rings. The van der Waals surface area contributed by atoms with Gasteiger partial charge in [-0.15, -0.1) is 0 Å². The second-order valence-electron chi connectivity index (χ2n) is 6.56. The van der Waals surface area contributed by atoms with Gasteiger partial charge in [0.05, 0.1) is 17.6 Å². The molecule has 1 amide bonds. The first-order valence-electron chi connectivity index (χ1n) is 9.60. The van der Waals surface area contributed by atoms with Crippen LogP contribution in [0.2, 0.25) is 0 Å². The Kier molecular flexibility index (Phi) is 7.32. The number of hydrogen-bond acceptors (Lipinski definition) is 6. The van der Waals surface area contributed by atoms with Crippen molar-refractivity contribution in [2.45, 2.75) is 0 Å². The van der Waals surface area contributed by atoms with Crippen molar-refractivity contribution in [2.75, 3.05) is 19.0 Å². The maximum atomic E-state index is 12.9. The van der Waals surface area contributed by atoms with E-state index in [1.54, 1.807) is 48.5 Å². The molecule has 32 heavy (non-hydrogen) atoms. The van der Waals surface area contributed by atoms with Crippen molar-refractivity contribution in [3.8, 4) is 5.75 Å².